The average molecular weight is 268 g/mol. The van der Waals surface area contributed by atoms with Crippen LogP contribution in [0.1, 0.15) is 21.0 Å². The lowest BCUT2D eigenvalue weighted by molar-refractivity contribution is 0.0647. The second-order valence-electron chi connectivity index (χ2n) is 3.20. The van der Waals surface area contributed by atoms with Crippen LogP contribution in [0.3, 0.4) is 0 Å². The number of esters is 1. The topological polar surface area (TPSA) is 89.6 Å². The zero-order valence-electron chi connectivity index (χ0n) is 8.79. The first-order valence-electron chi connectivity index (χ1n) is 4.74. The summed E-state index contributed by atoms with van der Waals surface area (Å²) in [6.45, 7) is 0. The van der Waals surface area contributed by atoms with E-state index >= 15 is 0 Å². The summed E-state index contributed by atoms with van der Waals surface area (Å²) in [6, 6.07) is 7.34. The Bertz CT molecular complexity index is 607. The maximum Gasteiger partial charge on any atom is 0.374 e. The molecule has 0 aliphatic carbocycles. The number of benzene rings is 1. The Morgan fingerprint density at radius 1 is 1.33 bits per heavy atom. The summed E-state index contributed by atoms with van der Waals surface area (Å²) < 4.78 is 9.37. The van der Waals surface area contributed by atoms with Gasteiger partial charge in [-0.2, -0.15) is 0 Å². The summed E-state index contributed by atoms with van der Waals surface area (Å²) in [5.41, 5.74) is -0.243. The van der Waals surface area contributed by atoms with Gasteiger partial charge in [0, 0.05) is 6.07 Å². The van der Waals surface area contributed by atoms with Crippen molar-refractivity contribution in [1.82, 2.24) is 5.16 Å². The maximum atomic E-state index is 11.6. The van der Waals surface area contributed by atoms with Gasteiger partial charge in [0.2, 0.25) is 5.76 Å². The van der Waals surface area contributed by atoms with Crippen LogP contribution in [-0.2, 0) is 0 Å². The monoisotopic (exact) mass is 267 g/mol. The summed E-state index contributed by atoms with van der Waals surface area (Å²) in [5, 5.41) is 12.2. The van der Waals surface area contributed by atoms with Gasteiger partial charge in [0.15, 0.2) is 5.69 Å². The molecule has 1 aromatic heterocycles. The van der Waals surface area contributed by atoms with Crippen molar-refractivity contribution in [3.8, 4) is 5.75 Å². The lowest BCUT2D eigenvalue weighted by Crippen LogP contribution is -2.09. The number of hydrogen-bond acceptors (Lipinski definition) is 5. The predicted octanol–water partition coefficient (Wildman–Crippen LogP) is 2.25. The van der Waals surface area contributed by atoms with Gasteiger partial charge in [-0.3, -0.25) is 0 Å². The molecule has 0 radical (unpaired) electrons. The van der Waals surface area contributed by atoms with Crippen molar-refractivity contribution < 1.29 is 24.0 Å². The van der Waals surface area contributed by atoms with E-state index in [1.165, 1.54) is 6.07 Å². The third-order valence-corrected chi connectivity index (χ3v) is 2.28. The average Bonchev–Trinajstić information content (AvgIpc) is 2.81. The minimum absolute atomic E-state index is 0.157. The van der Waals surface area contributed by atoms with Crippen molar-refractivity contribution in [1.29, 1.82) is 0 Å². The number of carboxylic acid groups (broad SMARTS) is 1. The van der Waals surface area contributed by atoms with Crippen molar-refractivity contribution in [2.75, 3.05) is 0 Å². The van der Waals surface area contributed by atoms with Gasteiger partial charge in [-0.05, 0) is 12.1 Å². The van der Waals surface area contributed by atoms with Crippen molar-refractivity contribution in [3.63, 3.8) is 0 Å². The molecule has 6 nitrogen and oxygen atoms in total. The number of hydrogen-bond donors (Lipinski definition) is 1. The van der Waals surface area contributed by atoms with E-state index < -0.39 is 17.7 Å². The third kappa shape index (κ3) is 2.49. The van der Waals surface area contributed by atoms with Gasteiger partial charge in [0.05, 0.1) is 5.02 Å². The Morgan fingerprint density at radius 2 is 2.06 bits per heavy atom. The highest BCUT2D eigenvalue weighted by Crippen LogP contribution is 2.24. The predicted molar refractivity (Wildman–Crippen MR) is 59.9 cm³/mol. The summed E-state index contributed by atoms with van der Waals surface area (Å²) in [4.78, 5) is 22.1. The maximum absolute atomic E-state index is 11.6. The Kier molecular flexibility index (Phi) is 3.29. The van der Waals surface area contributed by atoms with Gasteiger partial charge in [0.25, 0.3) is 0 Å². The minimum atomic E-state index is -1.32. The molecule has 0 bridgehead atoms. The number of carboxylic acids is 1. The molecular weight excluding hydrogens is 262 g/mol. The fraction of sp³-hybridized carbons (Fsp3) is 0. The number of carbonyl (C=O) groups is 2. The van der Waals surface area contributed by atoms with E-state index in [2.05, 4.69) is 9.68 Å². The van der Waals surface area contributed by atoms with Crippen LogP contribution in [0, 0.1) is 0 Å². The van der Waals surface area contributed by atoms with Gasteiger partial charge in [-0.25, -0.2) is 9.59 Å². The van der Waals surface area contributed by atoms with E-state index in [4.69, 9.17) is 21.4 Å². The largest absolute Gasteiger partial charge is 0.475 e. The highest BCUT2D eigenvalue weighted by molar-refractivity contribution is 6.32. The highest BCUT2D eigenvalue weighted by Gasteiger charge is 2.19. The van der Waals surface area contributed by atoms with E-state index in [-0.39, 0.29) is 16.5 Å². The summed E-state index contributed by atoms with van der Waals surface area (Å²) in [7, 11) is 0. The van der Waals surface area contributed by atoms with Crippen molar-refractivity contribution in [2.45, 2.75) is 0 Å². The number of aromatic nitrogens is 1. The van der Waals surface area contributed by atoms with Crippen LogP contribution in [0.15, 0.2) is 34.9 Å². The van der Waals surface area contributed by atoms with Crippen LogP contribution >= 0.6 is 11.6 Å². The molecule has 0 spiro atoms. The smallest absolute Gasteiger partial charge is 0.374 e. The number of ether oxygens (including phenoxy) is 1. The Morgan fingerprint density at radius 3 is 2.67 bits per heavy atom. The minimum Gasteiger partial charge on any atom is -0.475 e. The van der Waals surface area contributed by atoms with Gasteiger partial charge < -0.3 is 14.4 Å². The molecule has 0 aliphatic heterocycles. The van der Waals surface area contributed by atoms with Crippen LogP contribution in [0.4, 0.5) is 0 Å². The van der Waals surface area contributed by atoms with E-state index in [1.807, 2.05) is 0 Å². The van der Waals surface area contributed by atoms with E-state index in [9.17, 15) is 9.59 Å². The fourth-order valence-electron chi connectivity index (χ4n) is 1.15. The van der Waals surface area contributed by atoms with Gasteiger partial charge in [-0.15, -0.1) is 0 Å². The molecule has 2 aromatic rings. The number of aromatic carboxylic acids is 1. The molecule has 0 amide bonds. The Hall–Kier alpha value is -2.34. The van der Waals surface area contributed by atoms with Crippen LogP contribution in [-0.4, -0.2) is 22.2 Å². The van der Waals surface area contributed by atoms with Crippen LogP contribution < -0.4 is 4.74 Å². The third-order valence-electron chi connectivity index (χ3n) is 1.97. The molecular formula is C11H6ClNO5. The molecule has 0 saturated heterocycles. The molecule has 0 fully saturated rings. The first kappa shape index (κ1) is 12.1. The molecule has 0 saturated carbocycles. The van der Waals surface area contributed by atoms with E-state index in [0.717, 1.165) is 6.07 Å². The zero-order valence-corrected chi connectivity index (χ0v) is 9.55. The first-order chi connectivity index (χ1) is 8.58. The van der Waals surface area contributed by atoms with Gasteiger partial charge >= 0.3 is 11.9 Å². The molecule has 0 unspecified atom stereocenters. The Labute approximate surface area is 106 Å². The van der Waals surface area contributed by atoms with Crippen molar-refractivity contribution in [3.05, 3.63) is 46.8 Å². The number of para-hydroxylation sites is 1. The summed E-state index contributed by atoms with van der Waals surface area (Å²) >= 11 is 5.80. The Balaban J connectivity index is 2.17. The lowest BCUT2D eigenvalue weighted by Gasteiger charge is -2.02. The molecule has 1 aromatic carbocycles. The quantitative estimate of drug-likeness (QED) is 0.677. The van der Waals surface area contributed by atoms with Crippen LogP contribution in [0.5, 0.6) is 5.75 Å². The van der Waals surface area contributed by atoms with Gasteiger partial charge in [0.1, 0.15) is 5.75 Å². The van der Waals surface area contributed by atoms with Crippen molar-refractivity contribution in [2.24, 2.45) is 0 Å². The van der Waals surface area contributed by atoms with Crippen LogP contribution in [0.25, 0.3) is 0 Å². The molecule has 2 rings (SSSR count). The van der Waals surface area contributed by atoms with E-state index in [0.29, 0.717) is 0 Å². The number of carbonyl (C=O) groups excluding carboxylic acids is 1. The highest BCUT2D eigenvalue weighted by atomic mass is 35.5. The zero-order chi connectivity index (χ0) is 13.1. The molecule has 0 aliphatic rings. The van der Waals surface area contributed by atoms with Gasteiger partial charge in [-0.1, -0.05) is 28.9 Å². The number of rotatable bonds is 3. The standard InChI is InChI=1S/C11H6ClNO5/c12-6-3-1-2-4-8(6)17-11(16)7-5-9(10(14)15)18-13-7/h1-5H,(H,14,15). The molecule has 1 heterocycles. The molecule has 18 heavy (non-hydrogen) atoms. The SMILES string of the molecule is O=C(Oc1ccccc1Cl)c1cc(C(=O)O)on1. The molecule has 0 atom stereocenters. The molecule has 7 heteroatoms. The molecule has 92 valence electrons. The number of halogens is 1. The summed E-state index contributed by atoms with van der Waals surface area (Å²) in [5.74, 6) is -2.45. The first-order valence-corrected chi connectivity index (χ1v) is 5.12. The van der Waals surface area contributed by atoms with Crippen molar-refractivity contribution >= 4 is 23.5 Å². The fourth-order valence-corrected chi connectivity index (χ4v) is 1.33. The lowest BCUT2D eigenvalue weighted by atomic mass is 10.3. The second-order valence-corrected chi connectivity index (χ2v) is 3.61. The molecule has 1 N–H and O–H groups in total. The normalized spacial score (nSPS) is 10.1. The van der Waals surface area contributed by atoms with E-state index in [1.54, 1.807) is 18.2 Å². The van der Waals surface area contributed by atoms with Crippen LogP contribution in [0.2, 0.25) is 5.02 Å². The number of nitrogens with zero attached hydrogens (tertiary/aromatic N) is 1. The second kappa shape index (κ2) is 4.89. The summed E-state index contributed by atoms with van der Waals surface area (Å²) in [6.07, 6.45) is 0.